The first-order valence-electron chi connectivity index (χ1n) is 6.32. The number of nitrogens with one attached hydrogen (secondary N) is 2. The van der Waals surface area contributed by atoms with Crippen LogP contribution in [0.25, 0.3) is 0 Å². The topological polar surface area (TPSA) is 61.4 Å². The van der Waals surface area contributed by atoms with Gasteiger partial charge in [0.05, 0.1) is 0 Å². The van der Waals surface area contributed by atoms with Gasteiger partial charge in [-0.3, -0.25) is 4.79 Å². The smallest absolute Gasteiger partial charge is 0.251 e. The van der Waals surface area contributed by atoms with Crippen molar-refractivity contribution in [1.82, 2.24) is 5.32 Å². The molecule has 1 amide bonds. The summed E-state index contributed by atoms with van der Waals surface area (Å²) in [5.74, 6) is -0.0804. The summed E-state index contributed by atoms with van der Waals surface area (Å²) in [4.78, 5) is 12.1. The number of aliphatic hydroxyl groups is 1. The average Bonchev–Trinajstić information content (AvgIpc) is 2.74. The van der Waals surface area contributed by atoms with E-state index in [1.54, 1.807) is 0 Å². The maximum atomic E-state index is 12.1. The normalized spacial score (nSPS) is 13.9. The van der Waals surface area contributed by atoms with Gasteiger partial charge in [0, 0.05) is 29.9 Å². The number of benzene rings is 1. The minimum atomic E-state index is -0.386. The first-order valence-corrected chi connectivity index (χ1v) is 6.32. The number of carbonyl (C=O) groups excluding carboxylic acids is 1. The van der Waals surface area contributed by atoms with Crippen LogP contribution < -0.4 is 10.6 Å². The Balaban J connectivity index is 2.10. The van der Waals surface area contributed by atoms with Gasteiger partial charge < -0.3 is 15.7 Å². The molecule has 1 heterocycles. The van der Waals surface area contributed by atoms with Crippen molar-refractivity contribution in [3.63, 3.8) is 0 Å². The molecule has 0 aliphatic carbocycles. The predicted octanol–water partition coefficient (Wildman–Crippen LogP) is 1.55. The fourth-order valence-corrected chi connectivity index (χ4v) is 2.17. The number of fused-ring (bicyclic) bond motifs is 1. The lowest BCUT2D eigenvalue weighted by molar-refractivity contribution is 0.0899. The second kappa shape index (κ2) is 4.98. The highest BCUT2D eigenvalue weighted by Gasteiger charge is 2.21. The van der Waals surface area contributed by atoms with Crippen LogP contribution in [0, 0.1) is 0 Å². The Morgan fingerprint density at radius 3 is 3.00 bits per heavy atom. The first-order chi connectivity index (χ1) is 8.52. The number of carbonyl (C=O) groups is 1. The van der Waals surface area contributed by atoms with Gasteiger partial charge in [0.15, 0.2) is 0 Å². The monoisotopic (exact) mass is 248 g/mol. The Kier molecular flexibility index (Phi) is 3.57. The van der Waals surface area contributed by atoms with E-state index in [1.165, 1.54) is 5.56 Å². The number of hydrogen-bond donors (Lipinski definition) is 3. The molecule has 1 aliphatic rings. The SMILES string of the molecule is CC(C)(CCO)NC(=O)c1ccc2c(c1)CCN2. The van der Waals surface area contributed by atoms with Gasteiger partial charge in [-0.05, 0) is 50.5 Å². The molecule has 0 spiro atoms. The lowest BCUT2D eigenvalue weighted by Crippen LogP contribution is -2.44. The summed E-state index contributed by atoms with van der Waals surface area (Å²) in [5.41, 5.74) is 2.62. The minimum Gasteiger partial charge on any atom is -0.396 e. The van der Waals surface area contributed by atoms with E-state index in [0.717, 1.165) is 18.7 Å². The van der Waals surface area contributed by atoms with Crippen LogP contribution in [0.15, 0.2) is 18.2 Å². The van der Waals surface area contributed by atoms with Crippen molar-refractivity contribution >= 4 is 11.6 Å². The van der Waals surface area contributed by atoms with E-state index < -0.39 is 0 Å². The van der Waals surface area contributed by atoms with Crippen LogP contribution in [0.2, 0.25) is 0 Å². The van der Waals surface area contributed by atoms with E-state index in [0.29, 0.717) is 12.0 Å². The lowest BCUT2D eigenvalue weighted by Gasteiger charge is -2.25. The molecule has 0 unspecified atom stereocenters. The second-order valence-corrected chi connectivity index (χ2v) is 5.36. The highest BCUT2D eigenvalue weighted by molar-refractivity contribution is 5.95. The fraction of sp³-hybridized carbons (Fsp3) is 0.500. The molecule has 1 aromatic rings. The Morgan fingerprint density at radius 1 is 1.50 bits per heavy atom. The van der Waals surface area contributed by atoms with Crippen LogP contribution >= 0.6 is 0 Å². The summed E-state index contributed by atoms with van der Waals surface area (Å²) < 4.78 is 0. The molecule has 0 fully saturated rings. The number of amides is 1. The molecular formula is C14H20N2O2. The maximum Gasteiger partial charge on any atom is 0.251 e. The van der Waals surface area contributed by atoms with Gasteiger partial charge in [-0.1, -0.05) is 0 Å². The molecule has 4 nitrogen and oxygen atoms in total. The van der Waals surface area contributed by atoms with Crippen molar-refractivity contribution < 1.29 is 9.90 Å². The van der Waals surface area contributed by atoms with Crippen LogP contribution in [0.1, 0.15) is 36.2 Å². The van der Waals surface area contributed by atoms with Crippen molar-refractivity contribution in [2.75, 3.05) is 18.5 Å². The molecule has 2 rings (SSSR count). The molecule has 1 aromatic carbocycles. The summed E-state index contributed by atoms with van der Waals surface area (Å²) in [6, 6.07) is 5.73. The molecule has 3 N–H and O–H groups in total. The third-order valence-electron chi connectivity index (χ3n) is 3.27. The zero-order valence-electron chi connectivity index (χ0n) is 10.9. The second-order valence-electron chi connectivity index (χ2n) is 5.36. The van der Waals surface area contributed by atoms with E-state index in [4.69, 9.17) is 5.11 Å². The van der Waals surface area contributed by atoms with E-state index >= 15 is 0 Å². The predicted molar refractivity (Wildman–Crippen MR) is 71.9 cm³/mol. The number of hydrogen-bond acceptors (Lipinski definition) is 3. The maximum absolute atomic E-state index is 12.1. The summed E-state index contributed by atoms with van der Waals surface area (Å²) in [6.07, 6.45) is 1.52. The van der Waals surface area contributed by atoms with Crippen molar-refractivity contribution in [2.24, 2.45) is 0 Å². The number of aliphatic hydroxyl groups excluding tert-OH is 1. The first kappa shape index (κ1) is 12.9. The quantitative estimate of drug-likeness (QED) is 0.757. The van der Waals surface area contributed by atoms with Gasteiger partial charge in [0.1, 0.15) is 0 Å². The van der Waals surface area contributed by atoms with Crippen molar-refractivity contribution in [1.29, 1.82) is 0 Å². The Bertz CT molecular complexity index is 455. The highest BCUT2D eigenvalue weighted by Crippen LogP contribution is 2.23. The van der Waals surface area contributed by atoms with Crippen LogP contribution in [0.4, 0.5) is 5.69 Å². The Hall–Kier alpha value is -1.55. The Morgan fingerprint density at radius 2 is 2.28 bits per heavy atom. The molecule has 4 heteroatoms. The van der Waals surface area contributed by atoms with Gasteiger partial charge in [0.25, 0.3) is 5.91 Å². The lowest BCUT2D eigenvalue weighted by atomic mass is 10.00. The molecule has 98 valence electrons. The van der Waals surface area contributed by atoms with Gasteiger partial charge >= 0.3 is 0 Å². The van der Waals surface area contributed by atoms with Crippen molar-refractivity contribution in [3.8, 4) is 0 Å². The van der Waals surface area contributed by atoms with Gasteiger partial charge in [-0.2, -0.15) is 0 Å². The van der Waals surface area contributed by atoms with Gasteiger partial charge in [0.2, 0.25) is 0 Å². The number of rotatable bonds is 4. The molecule has 0 atom stereocenters. The van der Waals surface area contributed by atoms with Crippen molar-refractivity contribution in [2.45, 2.75) is 32.2 Å². The van der Waals surface area contributed by atoms with Crippen LogP contribution in [0.5, 0.6) is 0 Å². The standard InChI is InChI=1S/C14H20N2O2/c1-14(2,6-8-17)16-13(18)11-3-4-12-10(9-11)5-7-15-12/h3-4,9,15,17H,5-8H2,1-2H3,(H,16,18). The molecule has 18 heavy (non-hydrogen) atoms. The molecule has 0 saturated carbocycles. The van der Waals surface area contributed by atoms with E-state index in [1.807, 2.05) is 32.0 Å². The van der Waals surface area contributed by atoms with Crippen LogP contribution in [-0.4, -0.2) is 29.7 Å². The Labute approximate surface area is 107 Å². The molecule has 1 aliphatic heterocycles. The van der Waals surface area contributed by atoms with E-state index in [9.17, 15) is 4.79 Å². The zero-order chi connectivity index (χ0) is 13.2. The molecule has 0 saturated heterocycles. The summed E-state index contributed by atoms with van der Waals surface area (Å²) in [6.45, 7) is 4.84. The van der Waals surface area contributed by atoms with Crippen LogP contribution in [0.3, 0.4) is 0 Å². The summed E-state index contributed by atoms with van der Waals surface area (Å²) in [5, 5.41) is 15.2. The zero-order valence-corrected chi connectivity index (χ0v) is 10.9. The average molecular weight is 248 g/mol. The number of anilines is 1. The van der Waals surface area contributed by atoms with Crippen molar-refractivity contribution in [3.05, 3.63) is 29.3 Å². The van der Waals surface area contributed by atoms with Gasteiger partial charge in [-0.15, -0.1) is 0 Å². The molecule has 0 aromatic heterocycles. The molecule has 0 radical (unpaired) electrons. The molecule has 0 bridgehead atoms. The van der Waals surface area contributed by atoms with Crippen LogP contribution in [-0.2, 0) is 6.42 Å². The van der Waals surface area contributed by atoms with E-state index in [-0.39, 0.29) is 18.1 Å². The summed E-state index contributed by atoms with van der Waals surface area (Å²) >= 11 is 0. The largest absolute Gasteiger partial charge is 0.396 e. The summed E-state index contributed by atoms with van der Waals surface area (Å²) in [7, 11) is 0. The van der Waals surface area contributed by atoms with E-state index in [2.05, 4.69) is 10.6 Å². The third kappa shape index (κ3) is 2.82. The van der Waals surface area contributed by atoms with Gasteiger partial charge in [-0.25, -0.2) is 0 Å². The fourth-order valence-electron chi connectivity index (χ4n) is 2.17. The molecular weight excluding hydrogens is 228 g/mol. The third-order valence-corrected chi connectivity index (χ3v) is 3.27. The highest BCUT2D eigenvalue weighted by atomic mass is 16.3. The minimum absolute atomic E-state index is 0.0708.